The molecule has 0 bridgehead atoms. The van der Waals surface area contributed by atoms with Crippen molar-refractivity contribution in [2.24, 2.45) is 0 Å². The maximum absolute atomic E-state index is 11.3. The number of carboxylic acid groups (broad SMARTS) is 1. The summed E-state index contributed by atoms with van der Waals surface area (Å²) in [4.78, 5) is 15.6. The zero-order valence-electron chi connectivity index (χ0n) is 8.85. The minimum absolute atomic E-state index is 0.0105. The molecule has 0 spiro atoms. The van der Waals surface area contributed by atoms with Crippen molar-refractivity contribution in [2.75, 3.05) is 0 Å². The highest BCUT2D eigenvalue weighted by molar-refractivity contribution is 9.11. The minimum Gasteiger partial charge on any atom is -0.478 e. The number of fused-ring (bicyclic) bond motifs is 1. The lowest BCUT2D eigenvalue weighted by Crippen LogP contribution is -2.10. The summed E-state index contributed by atoms with van der Waals surface area (Å²) in [5, 5.41) is 18.0. The number of hydrogen-bond donors (Lipinski definition) is 2. The molecule has 1 atom stereocenters. The Balaban J connectivity index is 2.92. The lowest BCUT2D eigenvalue weighted by molar-refractivity contribution is -0.277. The zero-order valence-corrected chi connectivity index (χ0v) is 12.8. The molecule has 0 saturated carbocycles. The van der Waals surface area contributed by atoms with Gasteiger partial charge in [-0.2, -0.15) is 8.75 Å². The van der Waals surface area contributed by atoms with E-state index in [0.29, 0.717) is 25.5 Å². The molecular formula is C9H6Br2N2O4S. The first-order valence-corrected chi connectivity index (χ1v) is 6.97. The van der Waals surface area contributed by atoms with Crippen LogP contribution in [0.4, 0.5) is 0 Å². The molecule has 6 nitrogen and oxygen atoms in total. The Morgan fingerprint density at radius 3 is 2.39 bits per heavy atom. The Morgan fingerprint density at radius 1 is 1.33 bits per heavy atom. The van der Waals surface area contributed by atoms with Crippen LogP contribution in [0.5, 0.6) is 0 Å². The Labute approximate surface area is 122 Å². The zero-order chi connectivity index (χ0) is 13.4. The normalized spacial score (nSPS) is 12.9. The number of nitrogens with zero attached hydrogens (tertiary/aromatic N) is 2. The van der Waals surface area contributed by atoms with Crippen molar-refractivity contribution < 1.29 is 20.0 Å². The highest BCUT2D eigenvalue weighted by Crippen LogP contribution is 2.40. The van der Waals surface area contributed by atoms with Crippen molar-refractivity contribution in [3.63, 3.8) is 0 Å². The fraction of sp³-hybridized carbons (Fsp3) is 0.222. The largest absolute Gasteiger partial charge is 0.478 e. The van der Waals surface area contributed by atoms with E-state index in [1.54, 1.807) is 0 Å². The van der Waals surface area contributed by atoms with Crippen LogP contribution in [0.1, 0.15) is 28.9 Å². The summed E-state index contributed by atoms with van der Waals surface area (Å²) in [7, 11) is 0. The van der Waals surface area contributed by atoms with Crippen molar-refractivity contribution in [3.8, 4) is 0 Å². The second kappa shape index (κ2) is 5.17. The van der Waals surface area contributed by atoms with Crippen molar-refractivity contribution in [2.45, 2.75) is 13.0 Å². The molecule has 9 heteroatoms. The van der Waals surface area contributed by atoms with Crippen molar-refractivity contribution >= 4 is 60.6 Å². The van der Waals surface area contributed by atoms with Crippen LogP contribution in [0.3, 0.4) is 0 Å². The number of halogens is 2. The Bertz CT molecular complexity index is 631. The minimum atomic E-state index is -1.14. The van der Waals surface area contributed by atoms with Crippen LogP contribution in [0, 0.1) is 0 Å². The van der Waals surface area contributed by atoms with Gasteiger partial charge in [0.05, 0.1) is 26.2 Å². The molecule has 1 aromatic carbocycles. The van der Waals surface area contributed by atoms with Gasteiger partial charge < -0.3 is 5.11 Å². The van der Waals surface area contributed by atoms with E-state index in [2.05, 4.69) is 45.5 Å². The summed E-state index contributed by atoms with van der Waals surface area (Å²) >= 11 is 7.47. The van der Waals surface area contributed by atoms with Gasteiger partial charge in [-0.15, -0.1) is 0 Å². The second-order valence-corrected chi connectivity index (χ2v) is 5.55. The molecular weight excluding hydrogens is 392 g/mol. The van der Waals surface area contributed by atoms with Gasteiger partial charge in [0.15, 0.2) is 0 Å². The summed E-state index contributed by atoms with van der Waals surface area (Å²) in [6, 6.07) is 0. The lowest BCUT2D eigenvalue weighted by Gasteiger charge is -2.15. The Kier molecular flexibility index (Phi) is 3.97. The summed E-state index contributed by atoms with van der Waals surface area (Å²) < 4.78 is 8.89. The molecule has 2 N–H and O–H groups in total. The van der Waals surface area contributed by atoms with E-state index in [1.165, 1.54) is 6.92 Å². The predicted octanol–water partition coefficient (Wildman–Crippen LogP) is 3.47. The average molecular weight is 398 g/mol. The third-order valence-corrected chi connectivity index (χ3v) is 4.51. The van der Waals surface area contributed by atoms with Crippen molar-refractivity contribution in [3.05, 3.63) is 20.1 Å². The first-order valence-electron chi connectivity index (χ1n) is 4.65. The van der Waals surface area contributed by atoms with Gasteiger partial charge in [-0.1, -0.05) is 0 Å². The topological polar surface area (TPSA) is 92.5 Å². The smallest absolute Gasteiger partial charge is 0.337 e. The monoisotopic (exact) mass is 396 g/mol. The molecule has 2 aromatic rings. The lowest BCUT2D eigenvalue weighted by atomic mass is 10.0. The second-order valence-electron chi connectivity index (χ2n) is 3.43. The molecule has 0 radical (unpaired) electrons. The van der Waals surface area contributed by atoms with Crippen molar-refractivity contribution in [1.29, 1.82) is 0 Å². The van der Waals surface area contributed by atoms with E-state index in [4.69, 9.17) is 5.26 Å². The summed E-state index contributed by atoms with van der Waals surface area (Å²) in [5.74, 6) is -1.14. The molecule has 96 valence electrons. The number of hydrogen-bond acceptors (Lipinski definition) is 6. The third-order valence-electron chi connectivity index (χ3n) is 2.41. The predicted molar refractivity (Wildman–Crippen MR) is 71.9 cm³/mol. The van der Waals surface area contributed by atoms with Gasteiger partial charge in [-0.05, 0) is 38.8 Å². The fourth-order valence-electron chi connectivity index (χ4n) is 1.59. The van der Waals surface area contributed by atoms with Crippen LogP contribution in [0.15, 0.2) is 8.95 Å². The quantitative estimate of drug-likeness (QED) is 0.608. The van der Waals surface area contributed by atoms with E-state index in [1.807, 2.05) is 0 Å². The van der Waals surface area contributed by atoms with E-state index in [9.17, 15) is 9.90 Å². The Hall–Kier alpha value is -0.610. The Morgan fingerprint density at radius 2 is 1.89 bits per heavy atom. The van der Waals surface area contributed by atoms with E-state index < -0.39 is 12.1 Å². The van der Waals surface area contributed by atoms with E-state index >= 15 is 0 Å². The summed E-state index contributed by atoms with van der Waals surface area (Å²) in [5.41, 5.74) is 1.27. The molecule has 0 saturated heterocycles. The maximum atomic E-state index is 11.3. The number of aromatic carboxylic acids is 1. The number of carboxylic acids is 1. The van der Waals surface area contributed by atoms with Crippen molar-refractivity contribution in [1.82, 2.24) is 8.75 Å². The molecule has 18 heavy (non-hydrogen) atoms. The van der Waals surface area contributed by atoms with Crippen LogP contribution in [0.2, 0.25) is 0 Å². The molecule has 0 aliphatic rings. The number of rotatable bonds is 3. The molecule has 0 fully saturated rings. The van der Waals surface area contributed by atoms with Gasteiger partial charge in [0, 0.05) is 5.56 Å². The van der Waals surface area contributed by atoms with Crippen LogP contribution >= 0.6 is 43.6 Å². The van der Waals surface area contributed by atoms with Gasteiger partial charge in [-0.25, -0.2) is 9.68 Å². The number of aromatic nitrogens is 2. The van der Waals surface area contributed by atoms with Gasteiger partial charge in [0.25, 0.3) is 0 Å². The van der Waals surface area contributed by atoms with Crippen LogP contribution in [-0.2, 0) is 4.89 Å². The SMILES string of the molecule is CC(OO)c1c(C(=O)O)c(Br)c2nsnc2c1Br. The number of benzene rings is 1. The maximum Gasteiger partial charge on any atom is 0.337 e. The molecule has 0 aliphatic carbocycles. The highest BCUT2D eigenvalue weighted by atomic mass is 79.9. The first-order chi connectivity index (χ1) is 8.49. The van der Waals surface area contributed by atoms with Gasteiger partial charge in [0.2, 0.25) is 0 Å². The summed E-state index contributed by atoms with van der Waals surface area (Å²) in [6.07, 6.45) is -0.812. The van der Waals surface area contributed by atoms with Crippen LogP contribution in [0.25, 0.3) is 11.0 Å². The molecule has 0 aliphatic heterocycles. The third kappa shape index (κ3) is 2.05. The molecule has 0 amide bonds. The average Bonchev–Trinajstić information content (AvgIpc) is 2.81. The fourth-order valence-corrected chi connectivity index (χ4v) is 3.85. The highest BCUT2D eigenvalue weighted by Gasteiger charge is 2.27. The first kappa shape index (κ1) is 13.8. The molecule has 2 rings (SSSR count). The summed E-state index contributed by atoms with van der Waals surface area (Å²) in [6.45, 7) is 1.53. The molecule has 1 aromatic heterocycles. The van der Waals surface area contributed by atoms with Gasteiger partial charge >= 0.3 is 5.97 Å². The number of carbonyl (C=O) groups is 1. The van der Waals surface area contributed by atoms with Gasteiger partial charge in [-0.3, -0.25) is 5.26 Å². The molecule has 1 heterocycles. The van der Waals surface area contributed by atoms with E-state index in [0.717, 1.165) is 11.7 Å². The van der Waals surface area contributed by atoms with Crippen LogP contribution < -0.4 is 0 Å². The standard InChI is InChI=1S/C9H6Br2N2O4S/c1-2(17-16)3-4(9(14)15)6(11)8-7(5(3)10)12-18-13-8/h2,16H,1H3,(H,14,15). The van der Waals surface area contributed by atoms with Crippen LogP contribution in [-0.4, -0.2) is 25.1 Å². The van der Waals surface area contributed by atoms with E-state index in [-0.39, 0.29) is 5.56 Å². The van der Waals surface area contributed by atoms with Gasteiger partial charge in [0.1, 0.15) is 17.1 Å². The molecule has 1 unspecified atom stereocenters.